The standard InChI is InChI=1S/C23H20BrF3N2O6S/c1-4-35-17-8-12(7-14(24)20(17)34-3)9-18-21(31)29(22(32)36-18)11-19(30)28-15-10-13(23(25,26)27)5-6-16(15)33-2/h5-10H,4,11H2,1-3H3,(H,28,30)/b18-9-. The number of hydrogen-bond donors (Lipinski definition) is 1. The molecule has 0 aliphatic carbocycles. The predicted octanol–water partition coefficient (Wildman–Crippen LogP) is 5.56. The Bertz CT molecular complexity index is 1240. The van der Waals surface area contributed by atoms with Gasteiger partial charge in [-0.15, -0.1) is 0 Å². The van der Waals surface area contributed by atoms with Gasteiger partial charge in [-0.1, -0.05) is 0 Å². The van der Waals surface area contributed by atoms with Crippen LogP contribution in [-0.2, 0) is 15.8 Å². The second-order valence-corrected chi connectivity index (χ2v) is 9.04. The van der Waals surface area contributed by atoms with Crippen molar-refractivity contribution in [3.63, 3.8) is 0 Å². The number of carbonyl (C=O) groups excluding carboxylic acids is 3. The summed E-state index contributed by atoms with van der Waals surface area (Å²) in [6.07, 6.45) is -3.17. The molecule has 0 bridgehead atoms. The van der Waals surface area contributed by atoms with Crippen molar-refractivity contribution in [1.29, 1.82) is 0 Å². The summed E-state index contributed by atoms with van der Waals surface area (Å²) in [5.41, 5.74) is -0.703. The molecule has 36 heavy (non-hydrogen) atoms. The molecular weight excluding hydrogens is 569 g/mol. The van der Waals surface area contributed by atoms with Crippen LogP contribution in [0.3, 0.4) is 0 Å². The lowest BCUT2D eigenvalue weighted by Gasteiger charge is -2.16. The minimum atomic E-state index is -4.64. The van der Waals surface area contributed by atoms with Crippen molar-refractivity contribution in [3.8, 4) is 17.2 Å². The smallest absolute Gasteiger partial charge is 0.416 e. The number of thioether (sulfide) groups is 1. The lowest BCUT2D eigenvalue weighted by atomic mass is 10.1. The number of carbonyl (C=O) groups is 3. The number of alkyl halides is 3. The molecule has 0 saturated carbocycles. The van der Waals surface area contributed by atoms with Crippen molar-refractivity contribution in [2.24, 2.45) is 0 Å². The van der Waals surface area contributed by atoms with E-state index in [4.69, 9.17) is 14.2 Å². The van der Waals surface area contributed by atoms with Gasteiger partial charge in [0.15, 0.2) is 11.5 Å². The number of anilines is 1. The topological polar surface area (TPSA) is 94.2 Å². The monoisotopic (exact) mass is 588 g/mol. The van der Waals surface area contributed by atoms with Crippen LogP contribution in [0.25, 0.3) is 6.08 Å². The van der Waals surface area contributed by atoms with Crippen molar-refractivity contribution in [3.05, 3.63) is 50.8 Å². The molecule has 3 rings (SSSR count). The normalized spacial score (nSPS) is 14.9. The van der Waals surface area contributed by atoms with Crippen molar-refractivity contribution in [2.45, 2.75) is 13.1 Å². The molecular formula is C23H20BrF3N2O6S. The molecule has 192 valence electrons. The molecule has 1 aliphatic rings. The Labute approximate surface area is 216 Å². The van der Waals surface area contributed by atoms with Crippen LogP contribution in [0.4, 0.5) is 23.7 Å². The molecule has 2 aromatic rings. The summed E-state index contributed by atoms with van der Waals surface area (Å²) in [6, 6.07) is 5.88. The third-order valence-electron chi connectivity index (χ3n) is 4.81. The maximum atomic E-state index is 13.1. The zero-order valence-corrected chi connectivity index (χ0v) is 21.6. The van der Waals surface area contributed by atoms with E-state index in [1.807, 2.05) is 0 Å². The minimum Gasteiger partial charge on any atom is -0.495 e. The van der Waals surface area contributed by atoms with E-state index in [1.54, 1.807) is 19.1 Å². The van der Waals surface area contributed by atoms with Gasteiger partial charge in [0.2, 0.25) is 5.91 Å². The second kappa shape index (κ2) is 11.2. The van der Waals surface area contributed by atoms with Gasteiger partial charge in [-0.25, -0.2) is 0 Å². The lowest BCUT2D eigenvalue weighted by molar-refractivity contribution is -0.137. The lowest BCUT2D eigenvalue weighted by Crippen LogP contribution is -2.36. The van der Waals surface area contributed by atoms with Crippen molar-refractivity contribution in [1.82, 2.24) is 4.90 Å². The summed E-state index contributed by atoms with van der Waals surface area (Å²) < 4.78 is 55.6. The Morgan fingerprint density at radius 2 is 1.86 bits per heavy atom. The fraction of sp³-hybridized carbons (Fsp3) is 0.261. The number of rotatable bonds is 8. The maximum absolute atomic E-state index is 13.1. The molecule has 3 amide bonds. The molecule has 1 fully saturated rings. The highest BCUT2D eigenvalue weighted by molar-refractivity contribution is 9.10. The average Bonchev–Trinajstić information content (AvgIpc) is 3.05. The molecule has 2 aromatic carbocycles. The summed E-state index contributed by atoms with van der Waals surface area (Å²) in [5.74, 6) is -0.721. The Morgan fingerprint density at radius 3 is 2.47 bits per heavy atom. The highest BCUT2D eigenvalue weighted by Gasteiger charge is 2.37. The molecule has 8 nitrogen and oxygen atoms in total. The van der Waals surface area contributed by atoms with E-state index < -0.39 is 35.3 Å². The summed E-state index contributed by atoms with van der Waals surface area (Å²) in [7, 11) is 2.71. The minimum absolute atomic E-state index is 0.0134. The Hall–Kier alpha value is -3.19. The van der Waals surface area contributed by atoms with Crippen LogP contribution in [0.5, 0.6) is 17.2 Å². The van der Waals surface area contributed by atoms with E-state index in [-0.39, 0.29) is 16.3 Å². The number of halogens is 4. The molecule has 1 heterocycles. The largest absolute Gasteiger partial charge is 0.495 e. The number of nitrogens with one attached hydrogen (secondary N) is 1. The van der Waals surface area contributed by atoms with Crippen LogP contribution in [0.15, 0.2) is 39.7 Å². The van der Waals surface area contributed by atoms with Gasteiger partial charge in [-0.05, 0) is 76.6 Å². The van der Waals surface area contributed by atoms with E-state index in [2.05, 4.69) is 21.2 Å². The molecule has 0 atom stereocenters. The maximum Gasteiger partial charge on any atom is 0.416 e. The van der Waals surface area contributed by atoms with E-state index in [0.717, 1.165) is 12.1 Å². The Kier molecular flexibility index (Phi) is 8.56. The number of hydrogen-bond acceptors (Lipinski definition) is 7. The molecule has 1 N–H and O–H groups in total. The quantitative estimate of drug-likeness (QED) is 0.403. The van der Waals surface area contributed by atoms with Crippen molar-refractivity contribution in [2.75, 3.05) is 32.7 Å². The van der Waals surface area contributed by atoms with Gasteiger partial charge in [0.05, 0.1) is 41.5 Å². The first-order valence-electron chi connectivity index (χ1n) is 10.3. The van der Waals surface area contributed by atoms with E-state index in [9.17, 15) is 27.6 Å². The van der Waals surface area contributed by atoms with Gasteiger partial charge >= 0.3 is 6.18 Å². The van der Waals surface area contributed by atoms with Gasteiger partial charge in [-0.3, -0.25) is 19.3 Å². The summed E-state index contributed by atoms with van der Waals surface area (Å²) in [6.45, 7) is 1.47. The molecule has 0 radical (unpaired) electrons. The van der Waals surface area contributed by atoms with E-state index in [0.29, 0.717) is 50.9 Å². The highest BCUT2D eigenvalue weighted by atomic mass is 79.9. The number of benzene rings is 2. The van der Waals surface area contributed by atoms with Crippen LogP contribution in [0, 0.1) is 0 Å². The first-order chi connectivity index (χ1) is 17.0. The number of imide groups is 1. The molecule has 0 unspecified atom stereocenters. The first-order valence-corrected chi connectivity index (χ1v) is 11.9. The first kappa shape index (κ1) is 27.4. The highest BCUT2D eigenvalue weighted by Crippen LogP contribution is 2.39. The third kappa shape index (κ3) is 6.13. The predicted molar refractivity (Wildman–Crippen MR) is 131 cm³/mol. The third-order valence-corrected chi connectivity index (χ3v) is 6.31. The summed E-state index contributed by atoms with van der Waals surface area (Å²) >= 11 is 4.00. The number of methoxy groups -OCH3 is 2. The Balaban J connectivity index is 1.79. The zero-order chi connectivity index (χ0) is 26.6. The fourth-order valence-electron chi connectivity index (χ4n) is 3.24. The van der Waals surface area contributed by atoms with Gasteiger partial charge < -0.3 is 19.5 Å². The van der Waals surface area contributed by atoms with Crippen LogP contribution in [0.1, 0.15) is 18.1 Å². The van der Waals surface area contributed by atoms with Crippen molar-refractivity contribution >= 4 is 56.5 Å². The molecule has 0 spiro atoms. The number of nitrogens with zero attached hydrogens (tertiary/aromatic N) is 1. The number of amides is 3. The second-order valence-electron chi connectivity index (χ2n) is 7.20. The van der Waals surface area contributed by atoms with Crippen LogP contribution >= 0.6 is 27.7 Å². The molecule has 1 aliphatic heterocycles. The number of ether oxygens (including phenoxy) is 3. The van der Waals surface area contributed by atoms with Crippen molar-refractivity contribution < 1.29 is 41.8 Å². The van der Waals surface area contributed by atoms with Crippen LogP contribution in [0.2, 0.25) is 0 Å². The molecule has 0 aromatic heterocycles. The summed E-state index contributed by atoms with van der Waals surface area (Å²) in [5, 5.41) is 1.57. The Morgan fingerprint density at radius 1 is 1.14 bits per heavy atom. The van der Waals surface area contributed by atoms with Gasteiger partial charge in [0.1, 0.15) is 12.3 Å². The summed E-state index contributed by atoms with van der Waals surface area (Å²) in [4.78, 5) is 38.6. The van der Waals surface area contributed by atoms with E-state index >= 15 is 0 Å². The molecule has 13 heteroatoms. The van der Waals surface area contributed by atoms with Gasteiger partial charge in [0, 0.05) is 0 Å². The SMILES string of the molecule is CCOc1cc(/C=C2\SC(=O)N(CC(=O)Nc3cc(C(F)(F)F)ccc3OC)C2=O)cc(Br)c1OC. The average molecular weight is 589 g/mol. The van der Waals surface area contributed by atoms with Gasteiger partial charge in [0.25, 0.3) is 11.1 Å². The molecule has 1 saturated heterocycles. The van der Waals surface area contributed by atoms with Crippen LogP contribution in [-0.4, -0.2) is 49.3 Å². The zero-order valence-electron chi connectivity index (χ0n) is 19.2. The van der Waals surface area contributed by atoms with Gasteiger partial charge in [-0.2, -0.15) is 13.2 Å². The van der Waals surface area contributed by atoms with Crippen LogP contribution < -0.4 is 19.5 Å². The fourth-order valence-corrected chi connectivity index (χ4v) is 4.70. The van der Waals surface area contributed by atoms with E-state index in [1.165, 1.54) is 20.3 Å².